The van der Waals surface area contributed by atoms with E-state index in [4.69, 9.17) is 14.2 Å². The van der Waals surface area contributed by atoms with Crippen molar-refractivity contribution in [2.45, 2.75) is 57.6 Å². The Labute approximate surface area is 248 Å². The van der Waals surface area contributed by atoms with Gasteiger partial charge in [-0.2, -0.15) is 4.31 Å². The van der Waals surface area contributed by atoms with Gasteiger partial charge in [0.05, 0.1) is 37.6 Å². The number of pyridine rings is 1. The Morgan fingerprint density at radius 2 is 1.76 bits per heavy atom. The first kappa shape index (κ1) is 30.0. The monoisotopic (exact) mass is 593 g/mol. The van der Waals surface area contributed by atoms with Crippen molar-refractivity contribution in [2.24, 2.45) is 0 Å². The number of methoxy groups -OCH3 is 2. The fourth-order valence-electron chi connectivity index (χ4n) is 6.10. The van der Waals surface area contributed by atoms with Crippen molar-refractivity contribution < 1.29 is 27.4 Å². The van der Waals surface area contributed by atoms with Crippen molar-refractivity contribution in [3.63, 3.8) is 0 Å². The van der Waals surface area contributed by atoms with Crippen LogP contribution in [0.5, 0.6) is 11.5 Å². The van der Waals surface area contributed by atoms with Gasteiger partial charge in [-0.25, -0.2) is 8.42 Å². The van der Waals surface area contributed by atoms with Gasteiger partial charge in [-0.1, -0.05) is 30.3 Å². The summed E-state index contributed by atoms with van der Waals surface area (Å²) in [6.07, 6.45) is 0.829. The summed E-state index contributed by atoms with van der Waals surface area (Å²) in [4.78, 5) is 19.7. The Morgan fingerprint density at radius 3 is 2.50 bits per heavy atom. The highest BCUT2D eigenvalue weighted by Gasteiger charge is 2.39. The van der Waals surface area contributed by atoms with Gasteiger partial charge in [-0.3, -0.25) is 9.78 Å². The van der Waals surface area contributed by atoms with E-state index in [0.29, 0.717) is 42.3 Å². The zero-order valence-corrected chi connectivity index (χ0v) is 25.7. The number of carbonyl (C=O) groups excluding carboxylic acids is 1. The molecule has 10 heteroatoms. The van der Waals surface area contributed by atoms with Crippen LogP contribution in [-0.2, 0) is 20.5 Å². The minimum atomic E-state index is -3.60. The molecule has 2 fully saturated rings. The molecule has 2 aliphatic rings. The Hall–Kier alpha value is -3.47. The Kier molecular flexibility index (Phi) is 8.86. The minimum absolute atomic E-state index is 0.130. The van der Waals surface area contributed by atoms with E-state index in [1.165, 1.54) is 0 Å². The van der Waals surface area contributed by atoms with E-state index in [2.05, 4.69) is 4.98 Å². The van der Waals surface area contributed by atoms with E-state index < -0.39 is 16.1 Å². The molecule has 224 valence electrons. The number of rotatable bonds is 9. The molecule has 3 unspecified atom stereocenters. The first-order valence-electron chi connectivity index (χ1n) is 14.3. The summed E-state index contributed by atoms with van der Waals surface area (Å²) < 4.78 is 46.4. The van der Waals surface area contributed by atoms with E-state index in [-0.39, 0.29) is 23.8 Å². The van der Waals surface area contributed by atoms with Gasteiger partial charge < -0.3 is 19.1 Å². The third-order valence-electron chi connectivity index (χ3n) is 8.19. The lowest BCUT2D eigenvalue weighted by Crippen LogP contribution is -2.32. The summed E-state index contributed by atoms with van der Waals surface area (Å²) in [6, 6.07) is 16.4. The number of sulfonamides is 1. The standard InChI is InChI=1S/C32H39N3O6S/c1-21-9-6-13-28(39-4)31(21)32(36)34-18-29(40-5)30(19-34)41-25-11-7-10-24(17-25)20-42(37,38)35-16-8-12-27(35)26-15-14-22(2)33-23(26)3/h6-7,9-11,13-15,17,27,29-30H,8,12,16,18-20H2,1-5H3. The van der Waals surface area contributed by atoms with Crippen LogP contribution in [0.1, 0.15) is 57.3 Å². The summed E-state index contributed by atoms with van der Waals surface area (Å²) in [5.74, 6) is 0.794. The highest BCUT2D eigenvalue weighted by atomic mass is 32.2. The number of hydrogen-bond donors (Lipinski definition) is 0. The van der Waals surface area contributed by atoms with Gasteiger partial charge in [-0.15, -0.1) is 0 Å². The smallest absolute Gasteiger partial charge is 0.258 e. The summed E-state index contributed by atoms with van der Waals surface area (Å²) >= 11 is 0. The molecular formula is C32H39N3O6S. The first-order chi connectivity index (χ1) is 20.1. The molecule has 0 bridgehead atoms. The largest absolute Gasteiger partial charge is 0.496 e. The number of aryl methyl sites for hydroxylation is 3. The molecule has 0 aliphatic carbocycles. The minimum Gasteiger partial charge on any atom is -0.496 e. The second kappa shape index (κ2) is 12.4. The van der Waals surface area contributed by atoms with Crippen molar-refractivity contribution in [2.75, 3.05) is 33.9 Å². The molecule has 42 heavy (non-hydrogen) atoms. The van der Waals surface area contributed by atoms with Gasteiger partial charge in [-0.05, 0) is 74.6 Å². The van der Waals surface area contributed by atoms with Crippen molar-refractivity contribution in [3.8, 4) is 11.5 Å². The Balaban J connectivity index is 1.30. The summed E-state index contributed by atoms with van der Waals surface area (Å²) in [6.45, 7) is 6.95. The first-order valence-corrected chi connectivity index (χ1v) is 15.9. The molecule has 3 heterocycles. The van der Waals surface area contributed by atoms with E-state index in [0.717, 1.165) is 35.4 Å². The second-order valence-electron chi connectivity index (χ2n) is 11.1. The third kappa shape index (κ3) is 6.16. The van der Waals surface area contributed by atoms with Gasteiger partial charge in [0.1, 0.15) is 23.7 Å². The van der Waals surface area contributed by atoms with E-state index in [9.17, 15) is 13.2 Å². The zero-order chi connectivity index (χ0) is 30.0. The number of amides is 1. The van der Waals surface area contributed by atoms with Gasteiger partial charge in [0, 0.05) is 25.0 Å². The molecule has 1 aromatic heterocycles. The molecule has 2 aromatic carbocycles. The number of ether oxygens (including phenoxy) is 3. The van der Waals surface area contributed by atoms with Gasteiger partial charge >= 0.3 is 0 Å². The van der Waals surface area contributed by atoms with Crippen LogP contribution in [0, 0.1) is 20.8 Å². The maximum atomic E-state index is 13.6. The lowest BCUT2D eigenvalue weighted by atomic mass is 10.0. The highest BCUT2D eigenvalue weighted by molar-refractivity contribution is 7.88. The third-order valence-corrected chi connectivity index (χ3v) is 10.0. The number of benzene rings is 2. The van der Waals surface area contributed by atoms with Crippen LogP contribution in [0.2, 0.25) is 0 Å². The number of aromatic nitrogens is 1. The van der Waals surface area contributed by atoms with Gasteiger partial charge in [0.2, 0.25) is 10.0 Å². The second-order valence-corrected chi connectivity index (χ2v) is 13.0. The van der Waals surface area contributed by atoms with Crippen LogP contribution in [-0.4, -0.2) is 74.6 Å². The van der Waals surface area contributed by atoms with Crippen LogP contribution >= 0.6 is 0 Å². The van der Waals surface area contributed by atoms with Crippen LogP contribution in [0.3, 0.4) is 0 Å². The summed E-state index contributed by atoms with van der Waals surface area (Å²) in [5, 5.41) is 0. The molecule has 3 aromatic rings. The highest BCUT2D eigenvalue weighted by Crippen LogP contribution is 2.37. The number of carbonyl (C=O) groups is 1. The van der Waals surface area contributed by atoms with E-state index in [1.54, 1.807) is 53.8 Å². The quantitative estimate of drug-likeness (QED) is 0.358. The number of nitrogens with zero attached hydrogens (tertiary/aromatic N) is 3. The molecule has 9 nitrogen and oxygen atoms in total. The van der Waals surface area contributed by atoms with Crippen molar-refractivity contribution in [1.82, 2.24) is 14.2 Å². The molecule has 3 atom stereocenters. The predicted molar refractivity (Wildman–Crippen MR) is 160 cm³/mol. The van der Waals surface area contributed by atoms with Crippen molar-refractivity contribution in [1.29, 1.82) is 0 Å². The molecule has 2 saturated heterocycles. The molecule has 0 radical (unpaired) electrons. The number of hydrogen-bond acceptors (Lipinski definition) is 7. The molecular weight excluding hydrogens is 554 g/mol. The topological polar surface area (TPSA) is 98.3 Å². The average Bonchev–Trinajstić information content (AvgIpc) is 3.60. The van der Waals surface area contributed by atoms with Gasteiger partial charge in [0.25, 0.3) is 5.91 Å². The molecule has 0 saturated carbocycles. The molecule has 5 rings (SSSR count). The predicted octanol–water partition coefficient (Wildman–Crippen LogP) is 4.60. The molecule has 0 N–H and O–H groups in total. The van der Waals surface area contributed by atoms with Crippen molar-refractivity contribution >= 4 is 15.9 Å². The zero-order valence-electron chi connectivity index (χ0n) is 24.9. The Morgan fingerprint density at radius 1 is 1.00 bits per heavy atom. The van der Waals surface area contributed by atoms with E-state index >= 15 is 0 Å². The fraction of sp³-hybridized carbons (Fsp3) is 0.438. The molecule has 1 amide bonds. The maximum Gasteiger partial charge on any atom is 0.258 e. The van der Waals surface area contributed by atoms with Crippen LogP contribution < -0.4 is 9.47 Å². The van der Waals surface area contributed by atoms with E-state index in [1.807, 2.05) is 45.0 Å². The molecule has 2 aliphatic heterocycles. The maximum absolute atomic E-state index is 13.6. The lowest BCUT2D eigenvalue weighted by molar-refractivity contribution is 0.0339. The SMILES string of the molecule is COc1cccc(C)c1C(=O)N1CC(OC)C(Oc2cccc(CS(=O)(=O)N3CCCC3c3ccc(C)nc3C)c2)C1. The summed E-state index contributed by atoms with van der Waals surface area (Å²) in [5.41, 5.74) is 4.76. The van der Waals surface area contributed by atoms with Crippen LogP contribution in [0.15, 0.2) is 54.6 Å². The van der Waals surface area contributed by atoms with Crippen LogP contribution in [0.4, 0.5) is 0 Å². The van der Waals surface area contributed by atoms with Gasteiger partial charge in [0.15, 0.2) is 0 Å². The van der Waals surface area contributed by atoms with Crippen molar-refractivity contribution in [3.05, 3.63) is 88.2 Å². The summed E-state index contributed by atoms with van der Waals surface area (Å²) in [7, 11) is -0.443. The Bertz CT molecular complexity index is 1560. The lowest BCUT2D eigenvalue weighted by Gasteiger charge is -2.25. The number of likely N-dealkylation sites (tertiary alicyclic amines) is 1. The van der Waals surface area contributed by atoms with Crippen LogP contribution in [0.25, 0.3) is 0 Å². The fourth-order valence-corrected chi connectivity index (χ4v) is 7.88. The molecule has 0 spiro atoms. The average molecular weight is 594 g/mol. The normalized spacial score (nSPS) is 21.1.